The normalized spacial score (nSPS) is 10.4. The van der Waals surface area contributed by atoms with E-state index >= 15 is 0 Å². The first-order valence-corrected chi connectivity index (χ1v) is 8.15. The molecule has 26 heavy (non-hydrogen) atoms. The van der Waals surface area contributed by atoms with E-state index in [4.69, 9.17) is 4.74 Å². The van der Waals surface area contributed by atoms with Gasteiger partial charge in [0.05, 0.1) is 16.9 Å². The number of esters is 1. The predicted molar refractivity (Wildman–Crippen MR) is 98.8 cm³/mol. The number of hydrogen-bond donors (Lipinski definition) is 0. The van der Waals surface area contributed by atoms with Crippen LogP contribution in [0.1, 0.15) is 23.0 Å². The number of anilines is 1. The van der Waals surface area contributed by atoms with Gasteiger partial charge in [-0.2, -0.15) is 5.10 Å². The number of rotatable bonds is 4. The van der Waals surface area contributed by atoms with Gasteiger partial charge in [0.1, 0.15) is 11.6 Å². The van der Waals surface area contributed by atoms with Crippen molar-refractivity contribution in [2.24, 2.45) is 0 Å². The third-order valence-electron chi connectivity index (χ3n) is 3.83. The average molecular weight is 349 g/mol. The fourth-order valence-electron chi connectivity index (χ4n) is 2.66. The Labute approximate surface area is 151 Å². The van der Waals surface area contributed by atoms with Crippen molar-refractivity contribution in [3.63, 3.8) is 0 Å². The Bertz CT molecular complexity index is 948. The third-order valence-corrected chi connectivity index (χ3v) is 3.83. The molecule has 3 rings (SSSR count). The van der Waals surface area contributed by atoms with E-state index in [0.29, 0.717) is 11.4 Å². The maximum absolute atomic E-state index is 13.0. The molecule has 3 aromatic rings. The minimum absolute atomic E-state index is 0.236. The molecule has 132 valence electrons. The highest BCUT2D eigenvalue weighted by Gasteiger charge is 2.22. The summed E-state index contributed by atoms with van der Waals surface area (Å²) >= 11 is 0. The van der Waals surface area contributed by atoms with Crippen molar-refractivity contribution in [3.05, 3.63) is 71.9 Å². The van der Waals surface area contributed by atoms with Crippen LogP contribution < -0.4 is 9.64 Å². The van der Waals surface area contributed by atoms with E-state index in [-0.39, 0.29) is 11.7 Å². The minimum Gasteiger partial charge on any atom is -0.426 e. The smallest absolute Gasteiger partial charge is 0.308 e. The molecule has 0 radical (unpaired) electrons. The first kappa shape index (κ1) is 17.4. The summed E-state index contributed by atoms with van der Waals surface area (Å²) in [5.41, 5.74) is 1.95. The third kappa shape index (κ3) is 3.49. The highest BCUT2D eigenvalue weighted by molar-refractivity contribution is 6.07. The fraction of sp³-hybridized carbons (Fsp3) is 0.150. The van der Waals surface area contributed by atoms with E-state index in [1.807, 2.05) is 43.3 Å². The molecule has 0 aliphatic rings. The van der Waals surface area contributed by atoms with Gasteiger partial charge in [0, 0.05) is 20.0 Å². The SMILES string of the molecule is CC(=O)Oc1ccccc1C(=O)N(C)c1cc(C)nn1-c1ccccc1. The van der Waals surface area contributed by atoms with Gasteiger partial charge in [-0.05, 0) is 31.2 Å². The van der Waals surface area contributed by atoms with Crippen molar-refractivity contribution in [3.8, 4) is 11.4 Å². The Balaban J connectivity index is 2.00. The Kier molecular flexibility index (Phi) is 4.84. The average Bonchev–Trinajstić information content (AvgIpc) is 3.03. The van der Waals surface area contributed by atoms with Crippen molar-refractivity contribution >= 4 is 17.7 Å². The molecule has 0 atom stereocenters. The van der Waals surface area contributed by atoms with Crippen molar-refractivity contribution in [2.45, 2.75) is 13.8 Å². The van der Waals surface area contributed by atoms with Crippen molar-refractivity contribution in [1.82, 2.24) is 9.78 Å². The van der Waals surface area contributed by atoms with Crippen LogP contribution in [0, 0.1) is 6.92 Å². The lowest BCUT2D eigenvalue weighted by Crippen LogP contribution is -2.29. The van der Waals surface area contributed by atoms with Crippen LogP contribution in [0.15, 0.2) is 60.7 Å². The summed E-state index contributed by atoms with van der Waals surface area (Å²) in [6.45, 7) is 3.17. The number of hydrogen-bond acceptors (Lipinski definition) is 4. The Morgan fingerprint density at radius 1 is 1.04 bits per heavy atom. The first-order valence-electron chi connectivity index (χ1n) is 8.15. The van der Waals surface area contributed by atoms with Gasteiger partial charge in [0.15, 0.2) is 0 Å². The van der Waals surface area contributed by atoms with Gasteiger partial charge in [-0.25, -0.2) is 4.68 Å². The molecule has 6 nitrogen and oxygen atoms in total. The molecule has 1 heterocycles. The van der Waals surface area contributed by atoms with Crippen LogP contribution in [0.25, 0.3) is 5.69 Å². The topological polar surface area (TPSA) is 64.4 Å². The number of amides is 1. The van der Waals surface area contributed by atoms with Crippen LogP contribution in [-0.2, 0) is 4.79 Å². The Morgan fingerprint density at radius 3 is 2.38 bits per heavy atom. The molecule has 0 saturated carbocycles. The highest BCUT2D eigenvalue weighted by Crippen LogP contribution is 2.25. The largest absolute Gasteiger partial charge is 0.426 e. The van der Waals surface area contributed by atoms with Gasteiger partial charge >= 0.3 is 5.97 Å². The standard InChI is InChI=1S/C20H19N3O3/c1-14-13-19(23(21-14)16-9-5-4-6-10-16)22(3)20(25)17-11-7-8-12-18(17)26-15(2)24/h4-13H,1-3H3. The molecule has 0 fully saturated rings. The second-order valence-corrected chi connectivity index (χ2v) is 5.85. The summed E-state index contributed by atoms with van der Waals surface area (Å²) in [6.07, 6.45) is 0. The molecule has 0 aliphatic heterocycles. The van der Waals surface area contributed by atoms with Gasteiger partial charge in [-0.15, -0.1) is 0 Å². The van der Waals surface area contributed by atoms with Gasteiger partial charge in [0.2, 0.25) is 0 Å². The van der Waals surface area contributed by atoms with Crippen LogP contribution in [0.2, 0.25) is 0 Å². The van der Waals surface area contributed by atoms with E-state index in [2.05, 4.69) is 5.10 Å². The van der Waals surface area contributed by atoms with Gasteiger partial charge in [-0.3, -0.25) is 14.5 Å². The second-order valence-electron chi connectivity index (χ2n) is 5.85. The summed E-state index contributed by atoms with van der Waals surface area (Å²) in [4.78, 5) is 25.8. The molecular formula is C20H19N3O3. The van der Waals surface area contributed by atoms with Crippen molar-refractivity contribution < 1.29 is 14.3 Å². The molecule has 1 amide bonds. The number of para-hydroxylation sites is 2. The lowest BCUT2D eigenvalue weighted by atomic mass is 10.1. The summed E-state index contributed by atoms with van der Waals surface area (Å²) in [6, 6.07) is 18.1. The maximum Gasteiger partial charge on any atom is 0.308 e. The zero-order chi connectivity index (χ0) is 18.7. The number of ether oxygens (including phenoxy) is 1. The second kappa shape index (κ2) is 7.23. The van der Waals surface area contributed by atoms with E-state index in [1.165, 1.54) is 11.8 Å². The molecule has 0 N–H and O–H groups in total. The van der Waals surface area contributed by atoms with Crippen molar-refractivity contribution in [1.29, 1.82) is 0 Å². The zero-order valence-corrected chi connectivity index (χ0v) is 14.8. The van der Waals surface area contributed by atoms with Crippen LogP contribution in [-0.4, -0.2) is 28.7 Å². The van der Waals surface area contributed by atoms with E-state index < -0.39 is 5.97 Å². The Morgan fingerprint density at radius 2 is 1.69 bits per heavy atom. The molecule has 6 heteroatoms. The lowest BCUT2D eigenvalue weighted by Gasteiger charge is -2.19. The molecule has 1 aromatic heterocycles. The summed E-state index contributed by atoms with van der Waals surface area (Å²) < 4.78 is 6.87. The number of aromatic nitrogens is 2. The molecule has 0 bridgehead atoms. The van der Waals surface area contributed by atoms with E-state index in [0.717, 1.165) is 11.4 Å². The Hall–Kier alpha value is -3.41. The molecule has 0 saturated heterocycles. The molecular weight excluding hydrogens is 330 g/mol. The highest BCUT2D eigenvalue weighted by atomic mass is 16.5. The van der Waals surface area contributed by atoms with Gasteiger partial charge in [-0.1, -0.05) is 30.3 Å². The summed E-state index contributed by atoms with van der Waals surface area (Å²) in [5.74, 6) is 0.0904. The molecule has 0 unspecified atom stereocenters. The first-order chi connectivity index (χ1) is 12.5. The van der Waals surface area contributed by atoms with Crippen LogP contribution >= 0.6 is 0 Å². The number of carbonyl (C=O) groups is 2. The van der Waals surface area contributed by atoms with Gasteiger partial charge < -0.3 is 4.74 Å². The number of benzene rings is 2. The summed E-state index contributed by atoms with van der Waals surface area (Å²) in [5, 5.41) is 4.49. The maximum atomic E-state index is 13.0. The van der Waals surface area contributed by atoms with E-state index in [9.17, 15) is 9.59 Å². The predicted octanol–water partition coefficient (Wildman–Crippen LogP) is 3.38. The molecule has 0 spiro atoms. The number of aryl methyl sites for hydroxylation is 1. The molecule has 0 aliphatic carbocycles. The summed E-state index contributed by atoms with van der Waals surface area (Å²) in [7, 11) is 1.67. The zero-order valence-electron chi connectivity index (χ0n) is 14.8. The van der Waals surface area contributed by atoms with Crippen LogP contribution in [0.4, 0.5) is 5.82 Å². The number of nitrogens with zero attached hydrogens (tertiary/aromatic N) is 3. The van der Waals surface area contributed by atoms with Gasteiger partial charge in [0.25, 0.3) is 5.91 Å². The molecule has 2 aromatic carbocycles. The minimum atomic E-state index is -0.474. The van der Waals surface area contributed by atoms with Crippen molar-refractivity contribution in [2.75, 3.05) is 11.9 Å². The monoisotopic (exact) mass is 349 g/mol. The quantitative estimate of drug-likeness (QED) is 0.535. The van der Waals surface area contributed by atoms with Crippen LogP contribution in [0.5, 0.6) is 5.75 Å². The number of carbonyl (C=O) groups excluding carboxylic acids is 2. The van der Waals surface area contributed by atoms with E-state index in [1.54, 1.807) is 36.0 Å². The lowest BCUT2D eigenvalue weighted by molar-refractivity contribution is -0.131. The van der Waals surface area contributed by atoms with Crippen LogP contribution in [0.3, 0.4) is 0 Å². The fourth-order valence-corrected chi connectivity index (χ4v) is 2.66.